The van der Waals surface area contributed by atoms with E-state index in [4.69, 9.17) is 23.7 Å². The van der Waals surface area contributed by atoms with Gasteiger partial charge in [0.2, 0.25) is 0 Å². The second-order valence-electron chi connectivity index (χ2n) is 4.31. The molecule has 0 aliphatic rings. The predicted octanol–water partition coefficient (Wildman–Crippen LogP) is 0.143. The van der Waals surface area contributed by atoms with Crippen molar-refractivity contribution in [1.29, 1.82) is 10.5 Å². The Bertz CT molecular complexity index is 520. The van der Waals surface area contributed by atoms with Gasteiger partial charge >= 0.3 is 71.9 Å². The van der Waals surface area contributed by atoms with E-state index in [-0.39, 0.29) is 71.9 Å². The standard InChI is InChI=1S/4C6H5.2CN.2Cu.2Li/c4*1-2-4-6-5-3-1;2*1-2;;;;/h4*1-5H;;;;;;/q6*-1;2*+2;2*+1. The van der Waals surface area contributed by atoms with Gasteiger partial charge < -0.3 is 23.7 Å². The van der Waals surface area contributed by atoms with E-state index < -0.39 is 0 Å². The molecule has 0 aliphatic heterocycles. The summed E-state index contributed by atoms with van der Waals surface area (Å²) in [6.07, 6.45) is 0. The van der Waals surface area contributed by atoms with Gasteiger partial charge in [0, 0.05) is 0 Å². The van der Waals surface area contributed by atoms with Gasteiger partial charge in [-0.3, -0.25) is 0 Å². The Hall–Kier alpha value is -1.91. The van der Waals surface area contributed by atoms with E-state index >= 15 is 0 Å². The summed E-state index contributed by atoms with van der Waals surface area (Å²) in [6, 6.07) is 50.0. The quantitative estimate of drug-likeness (QED) is 0.255. The fourth-order valence-corrected chi connectivity index (χ4v) is 1.37. The zero-order chi connectivity index (χ0) is 21.0. The molecule has 0 unspecified atom stereocenters. The Kier molecular flexibility index (Phi) is 64.5. The molecular formula is C26H20Cu2Li2N2. The molecule has 0 spiro atoms. The molecule has 0 saturated heterocycles. The third-order valence-electron chi connectivity index (χ3n) is 2.43. The fourth-order valence-electron chi connectivity index (χ4n) is 1.37. The van der Waals surface area contributed by atoms with Crippen molar-refractivity contribution in [3.05, 3.63) is 159 Å². The van der Waals surface area contributed by atoms with Gasteiger partial charge in [-0.05, 0) is 0 Å². The van der Waals surface area contributed by atoms with E-state index in [1.54, 1.807) is 0 Å². The summed E-state index contributed by atoms with van der Waals surface area (Å²) in [4.78, 5) is 0. The molecule has 0 atom stereocenters. The Balaban J connectivity index is -0.0000000643. The topological polar surface area (TPSA) is 47.6 Å². The van der Waals surface area contributed by atoms with Crippen molar-refractivity contribution in [3.63, 3.8) is 0 Å². The van der Waals surface area contributed by atoms with Crippen LogP contribution in [-0.4, -0.2) is 0 Å². The third-order valence-corrected chi connectivity index (χ3v) is 2.43. The van der Waals surface area contributed by atoms with Gasteiger partial charge in [0.25, 0.3) is 0 Å². The molecule has 0 aromatic heterocycles. The first-order valence-corrected chi connectivity index (χ1v) is 8.09. The van der Waals surface area contributed by atoms with Gasteiger partial charge in [-0.25, -0.2) is 0 Å². The normalized spacial score (nSPS) is 6.12. The summed E-state index contributed by atoms with van der Waals surface area (Å²) in [5.74, 6) is 0. The van der Waals surface area contributed by atoms with E-state index in [0.717, 1.165) is 0 Å². The second-order valence-corrected chi connectivity index (χ2v) is 4.31. The summed E-state index contributed by atoms with van der Waals surface area (Å²) in [5.41, 5.74) is 0. The van der Waals surface area contributed by atoms with E-state index in [0.29, 0.717) is 0 Å². The van der Waals surface area contributed by atoms with E-state index in [1.807, 2.05) is 121 Å². The maximum Gasteiger partial charge on any atom is 2.00 e. The average molecular weight is 501 g/mol. The monoisotopic (exact) mass is 500 g/mol. The van der Waals surface area contributed by atoms with Crippen LogP contribution in [0.15, 0.2) is 121 Å². The number of nitrogens with zero attached hydrogens (tertiary/aromatic N) is 2. The first kappa shape index (κ1) is 43.9. The Morgan fingerprint density at radius 3 is 0.469 bits per heavy atom. The summed E-state index contributed by atoms with van der Waals surface area (Å²) in [5, 5.41) is 12.5. The van der Waals surface area contributed by atoms with Crippen molar-refractivity contribution in [2.75, 3.05) is 0 Å². The molecule has 0 N–H and O–H groups in total. The molecule has 32 heavy (non-hydrogen) atoms. The van der Waals surface area contributed by atoms with Crippen LogP contribution in [0.5, 0.6) is 0 Å². The molecule has 4 aromatic rings. The molecule has 0 bridgehead atoms. The van der Waals surface area contributed by atoms with Gasteiger partial charge in [0.15, 0.2) is 0 Å². The van der Waals surface area contributed by atoms with Crippen LogP contribution in [0.25, 0.3) is 0 Å². The zero-order valence-corrected chi connectivity index (χ0v) is 19.9. The molecule has 2 nitrogen and oxygen atoms in total. The van der Waals surface area contributed by atoms with Crippen molar-refractivity contribution in [2.24, 2.45) is 0 Å². The summed E-state index contributed by atoms with van der Waals surface area (Å²) < 4.78 is 0. The van der Waals surface area contributed by atoms with Crippen LogP contribution in [0.2, 0.25) is 0 Å². The fraction of sp³-hybridized carbons (Fsp3) is 0. The van der Waals surface area contributed by atoms with Crippen molar-refractivity contribution in [2.45, 2.75) is 0 Å². The van der Waals surface area contributed by atoms with Crippen LogP contribution in [0.4, 0.5) is 0 Å². The number of hydrogen-bond donors (Lipinski definition) is 0. The minimum absolute atomic E-state index is 0. The molecule has 4 aromatic carbocycles. The largest absolute Gasteiger partial charge is 2.00 e. The van der Waals surface area contributed by atoms with Gasteiger partial charge in [-0.1, -0.05) is 0 Å². The molecule has 6 heteroatoms. The maximum absolute atomic E-state index is 6.25. The van der Waals surface area contributed by atoms with E-state index in [9.17, 15) is 0 Å². The molecule has 0 saturated carbocycles. The smallest absolute Gasteiger partial charge is 0.512 e. The molecule has 0 heterocycles. The van der Waals surface area contributed by atoms with Crippen LogP contribution >= 0.6 is 0 Å². The third kappa shape index (κ3) is 42.2. The molecule has 0 amide bonds. The second kappa shape index (κ2) is 47.0. The molecule has 0 fully saturated rings. The van der Waals surface area contributed by atoms with Crippen molar-refractivity contribution >= 4 is 0 Å². The first-order valence-electron chi connectivity index (χ1n) is 8.09. The van der Waals surface area contributed by atoms with Gasteiger partial charge in [0.05, 0.1) is 0 Å². The maximum atomic E-state index is 6.25. The molecule has 4 rings (SSSR count). The number of hydrogen-bond acceptors (Lipinski definition) is 2. The van der Waals surface area contributed by atoms with E-state index in [2.05, 4.69) is 24.3 Å². The average Bonchev–Trinajstić information content (AvgIpc) is 2.87. The predicted molar refractivity (Wildman–Crippen MR) is 111 cm³/mol. The van der Waals surface area contributed by atoms with Crippen molar-refractivity contribution in [3.8, 4) is 0 Å². The zero-order valence-electron chi connectivity index (χ0n) is 18.0. The van der Waals surface area contributed by atoms with Crippen LogP contribution in [0.3, 0.4) is 0 Å². The van der Waals surface area contributed by atoms with E-state index in [1.165, 1.54) is 0 Å². The van der Waals surface area contributed by atoms with Crippen molar-refractivity contribution in [1.82, 2.24) is 0 Å². The van der Waals surface area contributed by atoms with Gasteiger partial charge in [-0.15, -0.1) is 0 Å². The minimum Gasteiger partial charge on any atom is -0.512 e. The first-order chi connectivity index (χ1) is 14.0. The molecule has 158 valence electrons. The minimum atomic E-state index is 0. The van der Waals surface area contributed by atoms with Gasteiger partial charge in [-0.2, -0.15) is 146 Å². The van der Waals surface area contributed by atoms with Crippen LogP contribution < -0.4 is 37.7 Å². The SMILES string of the molecule is [C-]#N.[C-]#N.[Cu+2].[Cu+2].[Li+].[Li+].[c-]1ccccc1.[c-]1ccccc1.[c-]1ccccc1.[c-]1ccccc1. The van der Waals surface area contributed by atoms with Crippen LogP contribution in [-0.2, 0) is 34.1 Å². The number of benzene rings is 4. The Labute approximate surface area is 239 Å². The van der Waals surface area contributed by atoms with Crippen LogP contribution in [0.1, 0.15) is 0 Å². The molecule has 2 radical (unpaired) electrons. The number of rotatable bonds is 0. The Morgan fingerprint density at radius 2 is 0.438 bits per heavy atom. The Morgan fingerprint density at radius 1 is 0.312 bits per heavy atom. The van der Waals surface area contributed by atoms with Crippen molar-refractivity contribution < 1.29 is 71.9 Å². The summed E-state index contributed by atoms with van der Waals surface area (Å²) in [6.45, 7) is 9.50. The van der Waals surface area contributed by atoms with Gasteiger partial charge in [0.1, 0.15) is 0 Å². The summed E-state index contributed by atoms with van der Waals surface area (Å²) >= 11 is 0. The van der Waals surface area contributed by atoms with Crippen LogP contribution in [0, 0.1) is 47.9 Å². The molecular weight excluding hydrogens is 481 g/mol. The molecule has 0 aliphatic carbocycles. The summed E-state index contributed by atoms with van der Waals surface area (Å²) in [7, 11) is 0.